The Labute approximate surface area is 154 Å². The molecule has 2 aliphatic rings. The molecule has 25 heavy (non-hydrogen) atoms. The van der Waals surface area contributed by atoms with Crippen LogP contribution in [0.3, 0.4) is 0 Å². The highest BCUT2D eigenvalue weighted by atomic mass is 32.1. The highest BCUT2D eigenvalue weighted by Crippen LogP contribution is 2.34. The fourth-order valence-corrected chi connectivity index (χ4v) is 4.13. The molecule has 0 unspecified atom stereocenters. The fourth-order valence-electron chi connectivity index (χ4n) is 3.12. The van der Waals surface area contributed by atoms with E-state index in [4.69, 9.17) is 17.0 Å². The smallest absolute Gasteiger partial charge is 0.371 e. The molecule has 1 aromatic rings. The molecule has 3 rings (SSSR count). The molecule has 0 amide bonds. The van der Waals surface area contributed by atoms with Crippen molar-refractivity contribution in [2.75, 3.05) is 37.7 Å². The molecule has 5 nitrogen and oxygen atoms in total. The molecule has 0 aromatic carbocycles. The number of alkyl halides is 3. The summed E-state index contributed by atoms with van der Waals surface area (Å²) in [6, 6.07) is 0. The number of aromatic nitrogens is 2. The summed E-state index contributed by atoms with van der Waals surface area (Å²) in [5.74, 6) is 0. The summed E-state index contributed by atoms with van der Waals surface area (Å²) >= 11 is 6.05. The van der Waals surface area contributed by atoms with E-state index in [1.807, 2.05) is 4.90 Å². The number of halogens is 3. The van der Waals surface area contributed by atoms with Gasteiger partial charge in [0.1, 0.15) is 4.99 Å². The normalized spacial score (nSPS) is 20.1. The molecule has 1 aliphatic carbocycles. The zero-order chi connectivity index (χ0) is 17.9. The van der Waals surface area contributed by atoms with Crippen LogP contribution in [0.5, 0.6) is 0 Å². The maximum atomic E-state index is 12.6. The summed E-state index contributed by atoms with van der Waals surface area (Å²) in [6.07, 6.45) is 1.82. The summed E-state index contributed by atoms with van der Waals surface area (Å²) in [5.41, 5.74) is 0. The number of rotatable bonds is 4. The number of hydrogen-bond donors (Lipinski definition) is 0. The van der Waals surface area contributed by atoms with Crippen LogP contribution in [0.1, 0.15) is 37.1 Å². The summed E-state index contributed by atoms with van der Waals surface area (Å²) < 4.78 is 43.8. The average Bonchev–Trinajstić information content (AvgIpc) is 3.11. The Balaban J connectivity index is 1.44. The van der Waals surface area contributed by atoms with E-state index < -0.39 is 11.2 Å². The van der Waals surface area contributed by atoms with E-state index in [2.05, 4.69) is 15.1 Å². The Morgan fingerprint density at radius 2 is 1.80 bits per heavy atom. The first-order valence-electron chi connectivity index (χ1n) is 8.48. The maximum absolute atomic E-state index is 12.6. The number of nitrogens with zero attached hydrogens (tertiary/aromatic N) is 4. The summed E-state index contributed by atoms with van der Waals surface area (Å²) in [7, 11) is 0. The van der Waals surface area contributed by atoms with Crippen molar-refractivity contribution >= 4 is 33.7 Å². The molecule has 1 aliphatic heterocycles. The highest BCUT2D eigenvalue weighted by Gasteiger charge is 2.36. The van der Waals surface area contributed by atoms with Crippen LogP contribution in [-0.2, 0) is 10.9 Å². The van der Waals surface area contributed by atoms with Crippen LogP contribution in [0.15, 0.2) is 0 Å². The van der Waals surface area contributed by atoms with Crippen LogP contribution in [0, 0.1) is 0 Å². The minimum absolute atomic E-state index is 0.315. The minimum Gasteiger partial charge on any atom is -0.371 e. The van der Waals surface area contributed by atoms with Gasteiger partial charge in [0.25, 0.3) is 0 Å². The molecular formula is C15H21F3N4OS2. The molecule has 0 N–H and O–H groups in total. The summed E-state index contributed by atoms with van der Waals surface area (Å²) in [6.45, 7) is 2.94. The van der Waals surface area contributed by atoms with Gasteiger partial charge in [-0.05, 0) is 12.8 Å². The lowest BCUT2D eigenvalue weighted by atomic mass is 9.98. The molecule has 0 radical (unpaired) electrons. The van der Waals surface area contributed by atoms with Crippen molar-refractivity contribution in [2.45, 2.75) is 44.4 Å². The fraction of sp³-hybridized carbons (Fsp3) is 0.800. The zero-order valence-corrected chi connectivity index (χ0v) is 15.4. The number of thiocarbonyl (C=S) groups is 1. The van der Waals surface area contributed by atoms with Gasteiger partial charge in [-0.25, -0.2) is 0 Å². The van der Waals surface area contributed by atoms with Gasteiger partial charge in [0, 0.05) is 26.2 Å². The molecule has 0 spiro atoms. The molecular weight excluding hydrogens is 373 g/mol. The Kier molecular flexibility index (Phi) is 6.11. The third kappa shape index (κ3) is 5.01. The van der Waals surface area contributed by atoms with Crippen molar-refractivity contribution in [3.05, 3.63) is 5.01 Å². The van der Waals surface area contributed by atoms with Gasteiger partial charge in [0.2, 0.25) is 10.1 Å². The number of ether oxygens (including phenoxy) is 1. The van der Waals surface area contributed by atoms with E-state index in [-0.39, 0.29) is 0 Å². The zero-order valence-electron chi connectivity index (χ0n) is 13.8. The quantitative estimate of drug-likeness (QED) is 0.730. The summed E-state index contributed by atoms with van der Waals surface area (Å²) in [5, 5.41) is 6.33. The van der Waals surface area contributed by atoms with Crippen molar-refractivity contribution in [1.82, 2.24) is 15.1 Å². The van der Waals surface area contributed by atoms with Crippen molar-refractivity contribution in [3.8, 4) is 0 Å². The van der Waals surface area contributed by atoms with Crippen LogP contribution in [-0.4, -0.2) is 59.0 Å². The van der Waals surface area contributed by atoms with E-state index >= 15 is 0 Å². The Morgan fingerprint density at radius 1 is 1.12 bits per heavy atom. The topological polar surface area (TPSA) is 41.5 Å². The molecule has 1 aromatic heterocycles. The van der Waals surface area contributed by atoms with Crippen LogP contribution in [0.25, 0.3) is 0 Å². The van der Waals surface area contributed by atoms with Crippen LogP contribution in [0.4, 0.5) is 18.3 Å². The molecule has 1 saturated heterocycles. The molecule has 2 fully saturated rings. The lowest BCUT2D eigenvalue weighted by molar-refractivity contribution is -0.138. The van der Waals surface area contributed by atoms with E-state index in [1.54, 1.807) is 0 Å². The van der Waals surface area contributed by atoms with Gasteiger partial charge in [-0.2, -0.15) is 13.2 Å². The van der Waals surface area contributed by atoms with Crippen LogP contribution >= 0.6 is 23.6 Å². The van der Waals surface area contributed by atoms with Crippen molar-refractivity contribution in [3.63, 3.8) is 0 Å². The van der Waals surface area contributed by atoms with Crippen molar-refractivity contribution in [2.24, 2.45) is 0 Å². The predicted octanol–water partition coefficient (Wildman–Crippen LogP) is 3.36. The Hall–Kier alpha value is -1.00. The van der Waals surface area contributed by atoms with E-state index in [0.29, 0.717) is 55.4 Å². The van der Waals surface area contributed by atoms with Gasteiger partial charge < -0.3 is 14.5 Å². The van der Waals surface area contributed by atoms with Gasteiger partial charge in [0.15, 0.2) is 0 Å². The number of anilines is 1. The number of hydrogen-bond acceptors (Lipinski definition) is 6. The van der Waals surface area contributed by atoms with E-state index in [1.165, 1.54) is 19.3 Å². The van der Waals surface area contributed by atoms with Crippen LogP contribution in [0.2, 0.25) is 0 Å². The van der Waals surface area contributed by atoms with E-state index in [9.17, 15) is 13.2 Å². The lowest BCUT2D eigenvalue weighted by Crippen LogP contribution is -2.49. The lowest BCUT2D eigenvalue weighted by Gasteiger charge is -2.36. The van der Waals surface area contributed by atoms with Crippen molar-refractivity contribution in [1.29, 1.82) is 0 Å². The second kappa shape index (κ2) is 8.13. The molecule has 0 atom stereocenters. The molecule has 0 bridgehead atoms. The van der Waals surface area contributed by atoms with Gasteiger partial charge >= 0.3 is 6.18 Å². The monoisotopic (exact) mass is 394 g/mol. The second-order valence-corrected chi connectivity index (χ2v) is 7.75. The van der Waals surface area contributed by atoms with Gasteiger partial charge in [0.05, 0.1) is 12.7 Å². The third-order valence-corrected chi connectivity index (χ3v) is 5.96. The summed E-state index contributed by atoms with van der Waals surface area (Å²) in [4.78, 5) is 4.67. The minimum atomic E-state index is -4.43. The molecule has 1 saturated carbocycles. The molecule has 140 valence electrons. The van der Waals surface area contributed by atoms with Gasteiger partial charge in [-0.3, -0.25) is 0 Å². The van der Waals surface area contributed by atoms with Gasteiger partial charge in [-0.15, -0.1) is 10.2 Å². The molecule has 2 heterocycles. The SMILES string of the molecule is FC(F)(F)c1nnc(N2CCN(C(=S)COC3CCCCC3)CC2)s1. The largest absolute Gasteiger partial charge is 0.445 e. The maximum Gasteiger partial charge on any atom is 0.445 e. The third-order valence-electron chi connectivity index (χ3n) is 4.55. The average molecular weight is 394 g/mol. The van der Waals surface area contributed by atoms with Crippen LogP contribution < -0.4 is 4.90 Å². The van der Waals surface area contributed by atoms with E-state index in [0.717, 1.165) is 17.8 Å². The molecule has 10 heteroatoms. The Morgan fingerprint density at radius 3 is 2.40 bits per heavy atom. The second-order valence-electron chi connectivity index (χ2n) is 6.33. The van der Waals surface area contributed by atoms with Gasteiger partial charge in [-0.1, -0.05) is 42.8 Å². The number of piperazine rings is 1. The first kappa shape index (κ1) is 18.8. The predicted molar refractivity (Wildman–Crippen MR) is 94.1 cm³/mol. The standard InChI is InChI=1S/C15H21F3N4OS2/c16-15(17,18)13-19-20-14(25-13)22-8-6-21(7-9-22)12(24)10-23-11-4-2-1-3-5-11/h11H,1-10H2. The Bertz CT molecular complexity index is 582. The van der Waals surface area contributed by atoms with Crippen molar-refractivity contribution < 1.29 is 17.9 Å². The first-order chi connectivity index (χ1) is 11.9. The first-order valence-corrected chi connectivity index (χ1v) is 9.71. The highest BCUT2D eigenvalue weighted by molar-refractivity contribution is 7.80.